The van der Waals surface area contributed by atoms with Crippen molar-refractivity contribution in [1.29, 1.82) is 0 Å². The number of carbonyl (C=O) groups excluding carboxylic acids is 1. The van der Waals surface area contributed by atoms with Crippen LogP contribution in [0.2, 0.25) is 0 Å². The average molecular weight is 185 g/mol. The molecule has 0 fully saturated rings. The zero-order chi connectivity index (χ0) is 9.14. The molecule has 2 amide bonds. The van der Waals surface area contributed by atoms with E-state index in [4.69, 9.17) is 11.5 Å². The van der Waals surface area contributed by atoms with Gasteiger partial charge in [0.1, 0.15) is 10.8 Å². The number of rotatable bonds is 2. The van der Waals surface area contributed by atoms with Gasteiger partial charge in [0.2, 0.25) is 0 Å². The number of hydrogen-bond acceptors (Lipinski definition) is 3. The lowest BCUT2D eigenvalue weighted by molar-refractivity contribution is 0.259. The van der Waals surface area contributed by atoms with Crippen LogP contribution in [0.4, 0.5) is 10.6 Å². The van der Waals surface area contributed by atoms with Gasteiger partial charge in [-0.2, -0.15) is 5.10 Å². The first kappa shape index (κ1) is 8.47. The first-order valence-corrected chi connectivity index (χ1v) is 3.41. The van der Waals surface area contributed by atoms with Gasteiger partial charge in [-0.05, 0) is 0 Å². The number of aromatic amines is 1. The molecule has 0 aliphatic carbocycles. The summed E-state index contributed by atoms with van der Waals surface area (Å²) in [6, 6.07) is -0.697. The maximum Gasteiger partial charge on any atom is 0.317 e. The lowest BCUT2D eigenvalue weighted by Crippen LogP contribution is -2.22. The van der Waals surface area contributed by atoms with Crippen molar-refractivity contribution in [2.45, 2.75) is 0 Å². The molecule has 7 heteroatoms. The third kappa shape index (κ3) is 1.70. The number of amides is 2. The summed E-state index contributed by atoms with van der Waals surface area (Å²) in [4.78, 5) is 10.6. The molecule has 0 aliphatic rings. The molecule has 6 nitrogen and oxygen atoms in total. The summed E-state index contributed by atoms with van der Waals surface area (Å²) in [6.07, 6.45) is 1.41. The molecule has 12 heavy (non-hydrogen) atoms. The highest BCUT2D eigenvalue weighted by Crippen LogP contribution is 2.09. The Kier molecular flexibility index (Phi) is 2.24. The smallest absolute Gasteiger partial charge is 0.317 e. The Hall–Kier alpha value is -1.63. The standard InChI is InChI=1S/C5H7N5OS/c6-3(12)2-1-8-10-4(2)9-5(7)11/h1H,(H2,6,12)(H4,7,8,9,10,11). The van der Waals surface area contributed by atoms with Crippen LogP contribution in [-0.2, 0) is 0 Å². The minimum Gasteiger partial charge on any atom is -0.389 e. The van der Waals surface area contributed by atoms with Crippen molar-refractivity contribution in [2.75, 3.05) is 5.32 Å². The van der Waals surface area contributed by atoms with E-state index >= 15 is 0 Å². The molecule has 0 saturated heterocycles. The highest BCUT2D eigenvalue weighted by atomic mass is 32.1. The van der Waals surface area contributed by atoms with E-state index < -0.39 is 6.03 Å². The molecule has 0 saturated carbocycles. The molecule has 0 bridgehead atoms. The largest absolute Gasteiger partial charge is 0.389 e. The molecular formula is C5H7N5OS. The molecule has 0 radical (unpaired) electrons. The Morgan fingerprint density at radius 2 is 2.33 bits per heavy atom. The fourth-order valence-corrected chi connectivity index (χ4v) is 0.846. The Morgan fingerprint density at radius 1 is 1.67 bits per heavy atom. The van der Waals surface area contributed by atoms with Gasteiger partial charge in [0.15, 0.2) is 0 Å². The first-order valence-electron chi connectivity index (χ1n) is 3.01. The predicted molar refractivity (Wildman–Crippen MR) is 47.7 cm³/mol. The molecule has 1 aromatic heterocycles. The van der Waals surface area contributed by atoms with Gasteiger partial charge in [0, 0.05) is 0 Å². The number of hydrogen-bond donors (Lipinski definition) is 4. The molecule has 1 rings (SSSR count). The molecular weight excluding hydrogens is 178 g/mol. The minimum atomic E-state index is -0.697. The summed E-state index contributed by atoms with van der Waals surface area (Å²) in [5.41, 5.74) is 10.6. The van der Waals surface area contributed by atoms with Crippen LogP contribution >= 0.6 is 12.2 Å². The molecule has 6 N–H and O–H groups in total. The molecule has 0 aliphatic heterocycles. The monoisotopic (exact) mass is 185 g/mol. The second-order valence-corrected chi connectivity index (χ2v) is 2.45. The van der Waals surface area contributed by atoms with Crippen LogP contribution in [0.3, 0.4) is 0 Å². The molecule has 0 unspecified atom stereocenters. The van der Waals surface area contributed by atoms with Crippen molar-refractivity contribution in [2.24, 2.45) is 11.5 Å². The van der Waals surface area contributed by atoms with Crippen molar-refractivity contribution >= 4 is 29.1 Å². The normalized spacial score (nSPS) is 9.33. The van der Waals surface area contributed by atoms with Crippen LogP contribution in [0, 0.1) is 0 Å². The molecule has 0 atom stereocenters. The van der Waals surface area contributed by atoms with E-state index in [2.05, 4.69) is 27.7 Å². The quantitative estimate of drug-likeness (QED) is 0.467. The highest BCUT2D eigenvalue weighted by molar-refractivity contribution is 7.80. The number of primary amides is 1. The summed E-state index contributed by atoms with van der Waals surface area (Å²) in [5.74, 6) is 0.315. The Bertz CT molecular complexity index is 319. The third-order valence-electron chi connectivity index (χ3n) is 1.15. The average Bonchev–Trinajstić information content (AvgIpc) is 2.33. The molecule has 1 aromatic rings. The zero-order valence-electron chi connectivity index (χ0n) is 6.00. The number of anilines is 1. The number of carbonyl (C=O) groups is 1. The summed E-state index contributed by atoms with van der Waals surface area (Å²) < 4.78 is 0. The van der Waals surface area contributed by atoms with Crippen LogP contribution in [-0.4, -0.2) is 21.2 Å². The zero-order valence-corrected chi connectivity index (χ0v) is 6.81. The maximum absolute atomic E-state index is 10.4. The van der Waals surface area contributed by atoms with Crippen LogP contribution in [0.25, 0.3) is 0 Å². The van der Waals surface area contributed by atoms with E-state index in [0.29, 0.717) is 11.4 Å². The fraction of sp³-hybridized carbons (Fsp3) is 0. The van der Waals surface area contributed by atoms with Crippen LogP contribution in [0.1, 0.15) is 5.56 Å². The Balaban J connectivity index is 2.91. The second kappa shape index (κ2) is 3.18. The van der Waals surface area contributed by atoms with Gasteiger partial charge >= 0.3 is 6.03 Å². The SMILES string of the molecule is NC(=O)Nc1[nH]ncc1C(N)=S. The second-order valence-electron chi connectivity index (χ2n) is 2.01. The van der Waals surface area contributed by atoms with Gasteiger partial charge in [-0.25, -0.2) is 4.79 Å². The molecule has 0 aromatic carbocycles. The maximum atomic E-state index is 10.4. The van der Waals surface area contributed by atoms with Crippen LogP contribution < -0.4 is 16.8 Å². The molecule has 1 heterocycles. The number of H-pyrrole nitrogens is 1. The number of urea groups is 1. The summed E-state index contributed by atoms with van der Waals surface area (Å²) >= 11 is 4.68. The van der Waals surface area contributed by atoms with Crippen molar-refractivity contribution in [3.05, 3.63) is 11.8 Å². The first-order chi connectivity index (χ1) is 5.61. The van der Waals surface area contributed by atoms with E-state index in [1.165, 1.54) is 6.20 Å². The predicted octanol–water partition coefficient (Wildman–Crippen LogP) is -0.466. The Morgan fingerprint density at radius 3 is 2.83 bits per heavy atom. The lowest BCUT2D eigenvalue weighted by Gasteiger charge is -1.99. The van der Waals surface area contributed by atoms with Gasteiger partial charge in [-0.15, -0.1) is 0 Å². The van der Waals surface area contributed by atoms with E-state index in [1.54, 1.807) is 0 Å². The lowest BCUT2D eigenvalue weighted by atomic mass is 10.3. The number of aromatic nitrogens is 2. The van der Waals surface area contributed by atoms with Gasteiger partial charge in [0.25, 0.3) is 0 Å². The number of nitrogens with two attached hydrogens (primary N) is 2. The van der Waals surface area contributed by atoms with Crippen molar-refractivity contribution in [1.82, 2.24) is 10.2 Å². The fourth-order valence-electron chi connectivity index (χ4n) is 0.691. The van der Waals surface area contributed by atoms with E-state index in [0.717, 1.165) is 0 Å². The highest BCUT2D eigenvalue weighted by Gasteiger charge is 2.07. The number of thiocarbonyl (C=S) groups is 1. The van der Waals surface area contributed by atoms with E-state index in [1.807, 2.05) is 0 Å². The van der Waals surface area contributed by atoms with Crippen LogP contribution in [0.15, 0.2) is 6.20 Å². The summed E-state index contributed by atoms with van der Waals surface area (Å²) in [5, 5.41) is 8.41. The van der Waals surface area contributed by atoms with Crippen molar-refractivity contribution in [3.63, 3.8) is 0 Å². The third-order valence-corrected chi connectivity index (χ3v) is 1.37. The van der Waals surface area contributed by atoms with Crippen molar-refractivity contribution < 1.29 is 4.79 Å². The van der Waals surface area contributed by atoms with Gasteiger partial charge in [-0.3, -0.25) is 10.4 Å². The molecule has 64 valence electrons. The molecule has 0 spiro atoms. The van der Waals surface area contributed by atoms with E-state index in [-0.39, 0.29) is 4.99 Å². The number of nitrogens with one attached hydrogen (secondary N) is 2. The summed E-state index contributed by atoms with van der Waals surface area (Å²) in [6.45, 7) is 0. The minimum absolute atomic E-state index is 0.146. The van der Waals surface area contributed by atoms with E-state index in [9.17, 15) is 4.79 Å². The Labute approximate surface area is 73.3 Å². The van der Waals surface area contributed by atoms with Gasteiger partial charge in [-0.1, -0.05) is 12.2 Å². The summed E-state index contributed by atoms with van der Waals surface area (Å²) in [7, 11) is 0. The van der Waals surface area contributed by atoms with Gasteiger partial charge < -0.3 is 11.5 Å². The van der Waals surface area contributed by atoms with Crippen molar-refractivity contribution in [3.8, 4) is 0 Å². The number of nitrogens with zero attached hydrogens (tertiary/aromatic N) is 1. The van der Waals surface area contributed by atoms with Gasteiger partial charge in [0.05, 0.1) is 11.8 Å². The topological polar surface area (TPSA) is 110 Å². The van der Waals surface area contributed by atoms with Crippen LogP contribution in [0.5, 0.6) is 0 Å².